The van der Waals surface area contributed by atoms with E-state index in [4.69, 9.17) is 10.5 Å². The third-order valence-corrected chi connectivity index (χ3v) is 16.6. The summed E-state index contributed by atoms with van der Waals surface area (Å²) >= 11 is 0. The molecule has 0 spiro atoms. The maximum Gasteiger partial charge on any atom is 0.407 e. The first-order valence-electron chi connectivity index (χ1n) is 23.1. The van der Waals surface area contributed by atoms with Crippen LogP contribution in [0.2, 0.25) is 0 Å². The van der Waals surface area contributed by atoms with Crippen LogP contribution in [-0.4, -0.2) is 47.5 Å². The van der Waals surface area contributed by atoms with Crippen molar-refractivity contribution in [3.63, 3.8) is 0 Å². The van der Waals surface area contributed by atoms with E-state index < -0.39 is 46.7 Å². The number of nitrogen functional groups attached to an aromatic ring is 1. The largest absolute Gasteiger partial charge is 0.481 e. The lowest BCUT2D eigenvalue weighted by Crippen LogP contribution is -2.60. The van der Waals surface area contributed by atoms with Crippen molar-refractivity contribution in [3.8, 4) is 11.1 Å². The molecule has 5 aliphatic carbocycles. The number of hydrogen-bond donors (Lipinski definition) is 5. The van der Waals surface area contributed by atoms with Gasteiger partial charge in [-0.05, 0) is 143 Å². The number of benzene rings is 4. The summed E-state index contributed by atoms with van der Waals surface area (Å²) in [5.74, 6) is -2.55. The molecule has 334 valence electrons. The number of amides is 4. The number of anilines is 2. The summed E-state index contributed by atoms with van der Waals surface area (Å²) in [4.78, 5) is 68.3. The number of carbonyl (C=O) groups is 5. The Morgan fingerprint density at radius 1 is 0.719 bits per heavy atom. The third-order valence-electron chi connectivity index (χ3n) is 16.6. The van der Waals surface area contributed by atoms with Crippen molar-refractivity contribution in [1.29, 1.82) is 0 Å². The van der Waals surface area contributed by atoms with E-state index in [1.807, 2.05) is 73.7 Å². The second-order valence-electron chi connectivity index (χ2n) is 20.2. The minimum Gasteiger partial charge on any atom is -0.481 e. The summed E-state index contributed by atoms with van der Waals surface area (Å²) in [7, 11) is 0. The smallest absolute Gasteiger partial charge is 0.407 e. The molecule has 4 aromatic carbocycles. The summed E-state index contributed by atoms with van der Waals surface area (Å²) in [6.07, 6.45) is 6.56. The van der Waals surface area contributed by atoms with Gasteiger partial charge in [0.05, 0.1) is 17.3 Å². The molecule has 64 heavy (non-hydrogen) atoms. The standard InChI is InChI=1S/C53H60N4O7/c1-50-23-9-25-52(3,43(50)21-17-31-15-19-33(54)27-40(31)50)47(61)57-48(62)53(4)26-10-24-51(2)41-28-34(20-16-32(41)18-22-44(51)53)55-46(60)42(29-45(58)59)56-49(63)64-30-39-37-13-7-5-11-35(37)36-12-6-8-14-38(36)39/h5-8,11-16,19-20,27-28,39,42-44H,9-10,17-18,21-26,29-30,54H2,1-4H3,(H,55,60)(H,56,63)(H,58,59)(H,57,61,62)/t42-,43+,44+,50+,51+,52-,53-/m0/s1. The van der Waals surface area contributed by atoms with Gasteiger partial charge in [0.2, 0.25) is 17.7 Å². The number of aliphatic carboxylic acids is 1. The molecule has 0 unspecified atom stereocenters. The van der Waals surface area contributed by atoms with Gasteiger partial charge in [-0.25, -0.2) is 4.79 Å². The Kier molecular flexibility index (Phi) is 11.0. The predicted octanol–water partition coefficient (Wildman–Crippen LogP) is 8.95. The van der Waals surface area contributed by atoms with Crippen LogP contribution in [0.4, 0.5) is 16.2 Å². The Morgan fingerprint density at radius 3 is 1.81 bits per heavy atom. The molecule has 2 fully saturated rings. The van der Waals surface area contributed by atoms with Gasteiger partial charge in [0.25, 0.3) is 0 Å². The number of carboxylic acids is 1. The first-order valence-corrected chi connectivity index (χ1v) is 23.1. The Hall–Kier alpha value is -5.97. The number of alkyl carbamates (subject to hydrolysis) is 1. The molecule has 4 amide bonds. The third kappa shape index (κ3) is 7.25. The monoisotopic (exact) mass is 864 g/mol. The van der Waals surface area contributed by atoms with Crippen LogP contribution in [-0.2, 0) is 47.6 Å². The van der Waals surface area contributed by atoms with Crippen molar-refractivity contribution in [3.05, 3.63) is 118 Å². The topological polar surface area (TPSA) is 177 Å². The maximum absolute atomic E-state index is 14.7. The lowest BCUT2D eigenvalue weighted by atomic mass is 9.49. The Labute approximate surface area is 375 Å². The molecule has 6 N–H and O–H groups in total. The van der Waals surface area contributed by atoms with Crippen LogP contribution in [0.3, 0.4) is 0 Å². The molecule has 0 radical (unpaired) electrons. The van der Waals surface area contributed by atoms with E-state index in [1.165, 1.54) is 11.1 Å². The van der Waals surface area contributed by atoms with Gasteiger partial charge >= 0.3 is 12.1 Å². The average molecular weight is 865 g/mol. The summed E-state index contributed by atoms with van der Waals surface area (Å²) in [5.41, 5.74) is 14.2. The van der Waals surface area contributed by atoms with Gasteiger partial charge in [-0.1, -0.05) is 101 Å². The quantitative estimate of drug-likeness (QED) is 0.0818. The van der Waals surface area contributed by atoms with Gasteiger partial charge in [-0.3, -0.25) is 24.5 Å². The minimum atomic E-state index is -1.41. The zero-order chi connectivity index (χ0) is 45.2. The van der Waals surface area contributed by atoms with Crippen molar-refractivity contribution >= 4 is 41.2 Å². The molecule has 0 saturated heterocycles. The van der Waals surface area contributed by atoms with Crippen LogP contribution in [0.5, 0.6) is 0 Å². The number of carbonyl (C=O) groups excluding carboxylic acids is 4. The molecular weight excluding hydrogens is 805 g/mol. The summed E-state index contributed by atoms with van der Waals surface area (Å²) in [6, 6.07) is 26.4. The van der Waals surface area contributed by atoms with Crippen LogP contribution in [0.1, 0.15) is 125 Å². The number of aryl methyl sites for hydroxylation is 2. The fourth-order valence-electron chi connectivity index (χ4n) is 13.3. The number of nitrogens with one attached hydrogen (secondary N) is 3. The predicted molar refractivity (Wildman–Crippen MR) is 246 cm³/mol. The second-order valence-corrected chi connectivity index (χ2v) is 20.2. The number of carboxylic acid groups (broad SMARTS) is 1. The highest BCUT2D eigenvalue weighted by Gasteiger charge is 2.58. The molecular formula is C53H60N4O7. The van der Waals surface area contributed by atoms with Crippen LogP contribution >= 0.6 is 0 Å². The first kappa shape index (κ1) is 43.3. The molecule has 0 aromatic heterocycles. The Morgan fingerprint density at radius 2 is 1.25 bits per heavy atom. The van der Waals surface area contributed by atoms with E-state index >= 15 is 0 Å². The van der Waals surface area contributed by atoms with Crippen molar-refractivity contribution in [2.45, 2.75) is 121 Å². The van der Waals surface area contributed by atoms with E-state index in [2.05, 4.69) is 48.9 Å². The van der Waals surface area contributed by atoms with Gasteiger partial charge in [0.1, 0.15) is 12.6 Å². The van der Waals surface area contributed by atoms with E-state index in [1.54, 1.807) is 6.07 Å². The molecule has 9 rings (SSSR count). The molecule has 4 aromatic rings. The van der Waals surface area contributed by atoms with Crippen molar-refractivity contribution < 1.29 is 33.8 Å². The average Bonchev–Trinajstić information content (AvgIpc) is 3.58. The van der Waals surface area contributed by atoms with Crippen LogP contribution < -0.4 is 21.7 Å². The zero-order valence-electron chi connectivity index (χ0n) is 37.4. The number of rotatable bonds is 9. The normalized spacial score (nSPS) is 28.1. The highest BCUT2D eigenvalue weighted by molar-refractivity contribution is 6.01. The van der Waals surface area contributed by atoms with Crippen LogP contribution in [0.25, 0.3) is 11.1 Å². The van der Waals surface area contributed by atoms with Gasteiger partial charge in [0.15, 0.2) is 0 Å². The lowest BCUT2D eigenvalue weighted by Gasteiger charge is -2.56. The van der Waals surface area contributed by atoms with Gasteiger partial charge in [-0.2, -0.15) is 0 Å². The molecule has 0 bridgehead atoms. The Bertz CT molecular complexity index is 2530. The van der Waals surface area contributed by atoms with Crippen LogP contribution in [0.15, 0.2) is 84.9 Å². The SMILES string of the molecule is C[C@]1(C(=O)NC(=O)[C@@]2(C)CCC[C@]3(C)c4cc(NC(=O)[C@H](CC(=O)O)NC(=O)OCC5c6ccccc6-c6ccccc65)ccc4CC[C@@H]23)CCC[C@]2(C)c3cc(N)ccc3CC[C@@H]12. The Balaban J connectivity index is 0.887. The molecule has 11 heteroatoms. The number of ether oxygens (including phenoxy) is 1. The lowest BCUT2D eigenvalue weighted by molar-refractivity contribution is -0.150. The molecule has 0 aliphatic heterocycles. The number of nitrogens with two attached hydrogens (primary N) is 1. The fourth-order valence-corrected chi connectivity index (χ4v) is 13.3. The van der Waals surface area contributed by atoms with E-state index in [0.717, 1.165) is 96.9 Å². The number of hydrogen-bond acceptors (Lipinski definition) is 7. The van der Waals surface area contributed by atoms with Crippen molar-refractivity contribution in [1.82, 2.24) is 10.6 Å². The number of fused-ring (bicyclic) bond motifs is 9. The molecule has 7 atom stereocenters. The van der Waals surface area contributed by atoms with E-state index in [0.29, 0.717) is 12.1 Å². The minimum absolute atomic E-state index is 0.0150. The molecule has 5 aliphatic rings. The first-order chi connectivity index (χ1) is 30.5. The van der Waals surface area contributed by atoms with Crippen molar-refractivity contribution in [2.24, 2.45) is 22.7 Å². The van der Waals surface area contributed by atoms with Gasteiger partial charge < -0.3 is 26.2 Å². The fraction of sp³-hybridized carbons (Fsp3) is 0.453. The second kappa shape index (κ2) is 16.2. The molecule has 11 nitrogen and oxygen atoms in total. The van der Waals surface area contributed by atoms with Gasteiger partial charge in [0, 0.05) is 17.3 Å². The van der Waals surface area contributed by atoms with E-state index in [9.17, 15) is 29.1 Å². The van der Waals surface area contributed by atoms with Gasteiger partial charge in [-0.15, -0.1) is 0 Å². The molecule has 2 saturated carbocycles. The summed E-state index contributed by atoms with van der Waals surface area (Å²) < 4.78 is 5.67. The van der Waals surface area contributed by atoms with Crippen LogP contribution in [0, 0.1) is 22.7 Å². The van der Waals surface area contributed by atoms with E-state index in [-0.39, 0.29) is 41.6 Å². The summed E-state index contributed by atoms with van der Waals surface area (Å²) in [5, 5.41) is 18.2. The zero-order valence-corrected chi connectivity index (χ0v) is 37.4. The highest BCUT2D eigenvalue weighted by Crippen LogP contribution is 2.60. The number of imide groups is 1. The molecule has 0 heterocycles. The maximum atomic E-state index is 14.7. The summed E-state index contributed by atoms with van der Waals surface area (Å²) in [6.45, 7) is 8.56. The highest BCUT2D eigenvalue weighted by atomic mass is 16.5. The van der Waals surface area contributed by atoms with Crippen molar-refractivity contribution in [2.75, 3.05) is 17.7 Å².